The summed E-state index contributed by atoms with van der Waals surface area (Å²) in [6.07, 6.45) is 71.9. The van der Waals surface area contributed by atoms with Crippen molar-refractivity contribution in [3.63, 3.8) is 0 Å². The predicted molar refractivity (Wildman–Crippen MR) is 358 cm³/mol. The molecule has 1 aliphatic rings. The number of carbonyl (C=O) groups is 4. The van der Waals surface area contributed by atoms with Gasteiger partial charge in [-0.05, 0) is 96.3 Å². The van der Waals surface area contributed by atoms with Gasteiger partial charge in [-0.3, -0.25) is 14.4 Å². The van der Waals surface area contributed by atoms with Crippen LogP contribution in [0.5, 0.6) is 0 Å². The molecule has 0 aromatic rings. The van der Waals surface area contributed by atoms with E-state index < -0.39 is 67.3 Å². The maximum absolute atomic E-state index is 13.2. The molecule has 1 rings (SSSR count). The normalized spacial score (nSPS) is 18.0. The lowest BCUT2D eigenvalue weighted by Crippen LogP contribution is -2.61. The van der Waals surface area contributed by atoms with Crippen LogP contribution in [0.1, 0.15) is 290 Å². The summed E-state index contributed by atoms with van der Waals surface area (Å²) in [6, 6.07) is 0. The summed E-state index contributed by atoms with van der Waals surface area (Å²) in [6.45, 7) is 5.82. The predicted octanol–water partition coefficient (Wildman–Crippen LogP) is 19.4. The van der Waals surface area contributed by atoms with Crippen LogP contribution in [0.2, 0.25) is 0 Å². The van der Waals surface area contributed by atoms with E-state index in [0.29, 0.717) is 19.3 Å². The number of hydrogen-bond acceptors (Lipinski definition) is 11. The van der Waals surface area contributed by atoms with Crippen LogP contribution in [0.3, 0.4) is 0 Å². The largest absolute Gasteiger partial charge is 0.479 e. The molecule has 0 bridgehead atoms. The van der Waals surface area contributed by atoms with Gasteiger partial charge in [-0.25, -0.2) is 4.79 Å². The van der Waals surface area contributed by atoms with E-state index >= 15 is 0 Å². The fourth-order valence-electron chi connectivity index (χ4n) is 10.0. The number of allylic oxidation sites excluding steroid dienone is 18. The third-order valence-corrected chi connectivity index (χ3v) is 15.3. The van der Waals surface area contributed by atoms with Crippen LogP contribution in [0.15, 0.2) is 109 Å². The Balaban J connectivity index is 2.69. The van der Waals surface area contributed by atoms with Crippen LogP contribution >= 0.6 is 0 Å². The maximum atomic E-state index is 13.2. The summed E-state index contributed by atoms with van der Waals surface area (Å²) in [4.78, 5) is 51.5. The third-order valence-electron chi connectivity index (χ3n) is 15.3. The number of rotatable bonds is 59. The monoisotopic (exact) mass is 1220 g/mol. The standard InChI is InChI=1S/C75H124O12/c1-4-7-10-13-16-19-22-25-28-31-34-37-40-43-46-49-52-55-58-61-67(76)83-64-66(85-68(77)62-59-56-53-50-47-44-41-38-35-32-29-26-23-20-17-14-11-8-5-2)65-84-75-73(71(80)70(79)72(87-75)74(81)82)86-69(78)63-60-57-54-51-48-45-42-39-36-33-30-27-24-21-18-15-12-9-6-3/h7,10,16-17,19-20,25-26,28-29,34-35,37-38,43,46,52,55,66,70-73,75,79-80H,4-6,8-9,11-15,18,21-24,27,30-33,36,39-42,44-45,47-51,53-54,56-65H2,1-3H3,(H,81,82)/b10-7-,19-16-,20-17-,28-25-,29-26-,37-34-,38-35-,46-43-,55-52-. The van der Waals surface area contributed by atoms with Gasteiger partial charge < -0.3 is 39.0 Å². The van der Waals surface area contributed by atoms with Crippen LogP contribution < -0.4 is 0 Å². The Bertz CT molecular complexity index is 1930. The van der Waals surface area contributed by atoms with Crippen molar-refractivity contribution in [1.29, 1.82) is 0 Å². The summed E-state index contributed by atoms with van der Waals surface area (Å²) in [5.41, 5.74) is 0. The highest BCUT2D eigenvalue weighted by Gasteiger charge is 2.50. The molecule has 1 saturated heterocycles. The zero-order valence-corrected chi connectivity index (χ0v) is 55.0. The Hall–Kier alpha value is -4.62. The maximum Gasteiger partial charge on any atom is 0.335 e. The lowest BCUT2D eigenvalue weighted by Gasteiger charge is -2.40. The van der Waals surface area contributed by atoms with Gasteiger partial charge in [0.15, 0.2) is 24.6 Å². The van der Waals surface area contributed by atoms with Crippen LogP contribution in [-0.4, -0.2) is 89.2 Å². The number of carboxylic acids is 1. The molecule has 0 aromatic heterocycles. The molecule has 6 unspecified atom stereocenters. The van der Waals surface area contributed by atoms with Gasteiger partial charge in [-0.15, -0.1) is 0 Å². The molecule has 0 spiro atoms. The Morgan fingerprint density at radius 2 is 0.747 bits per heavy atom. The van der Waals surface area contributed by atoms with E-state index in [9.17, 15) is 34.5 Å². The Labute approximate surface area is 529 Å². The molecular weight excluding hydrogens is 1090 g/mol. The number of carbonyl (C=O) groups excluding carboxylic acids is 3. The first-order valence-electron chi connectivity index (χ1n) is 34.9. The van der Waals surface area contributed by atoms with E-state index in [1.807, 2.05) is 12.2 Å². The van der Waals surface area contributed by atoms with Crippen molar-refractivity contribution < 1.29 is 58.2 Å². The zero-order valence-electron chi connectivity index (χ0n) is 55.0. The first-order valence-corrected chi connectivity index (χ1v) is 34.9. The number of unbranched alkanes of at least 4 members (excludes halogenated alkanes) is 27. The first-order chi connectivity index (χ1) is 42.6. The average molecular weight is 1220 g/mol. The minimum Gasteiger partial charge on any atom is -0.479 e. The molecule has 0 saturated carbocycles. The Morgan fingerprint density at radius 1 is 0.391 bits per heavy atom. The lowest BCUT2D eigenvalue weighted by atomic mass is 9.98. The quantitative estimate of drug-likeness (QED) is 0.0228. The minimum absolute atomic E-state index is 0.0509. The Kier molecular flexibility index (Phi) is 56.9. The number of aliphatic hydroxyl groups is 2. The molecule has 12 heteroatoms. The molecule has 0 radical (unpaired) electrons. The van der Waals surface area contributed by atoms with Crippen molar-refractivity contribution in [1.82, 2.24) is 0 Å². The minimum atomic E-state index is -1.92. The highest BCUT2D eigenvalue weighted by molar-refractivity contribution is 5.74. The third kappa shape index (κ3) is 50.9. The molecule has 1 fully saturated rings. The van der Waals surface area contributed by atoms with Gasteiger partial charge in [0.25, 0.3) is 0 Å². The number of hydrogen-bond donors (Lipinski definition) is 3. The molecule has 1 aliphatic heterocycles. The van der Waals surface area contributed by atoms with Crippen molar-refractivity contribution in [3.8, 4) is 0 Å². The molecule has 87 heavy (non-hydrogen) atoms. The van der Waals surface area contributed by atoms with Crippen LogP contribution in [0, 0.1) is 0 Å². The van der Waals surface area contributed by atoms with Gasteiger partial charge >= 0.3 is 23.9 Å². The number of carboxylic acid groups (broad SMARTS) is 1. The van der Waals surface area contributed by atoms with Crippen molar-refractivity contribution in [2.24, 2.45) is 0 Å². The van der Waals surface area contributed by atoms with Crippen LogP contribution in [-0.2, 0) is 42.9 Å². The van der Waals surface area contributed by atoms with Gasteiger partial charge in [-0.1, -0.05) is 284 Å². The summed E-state index contributed by atoms with van der Waals surface area (Å²) >= 11 is 0. The molecule has 0 aromatic carbocycles. The molecule has 3 N–H and O–H groups in total. The van der Waals surface area contributed by atoms with E-state index in [1.54, 1.807) is 0 Å². The number of ether oxygens (including phenoxy) is 5. The van der Waals surface area contributed by atoms with E-state index in [2.05, 4.69) is 118 Å². The smallest absolute Gasteiger partial charge is 0.335 e. The van der Waals surface area contributed by atoms with Gasteiger partial charge in [0, 0.05) is 19.3 Å². The lowest BCUT2D eigenvalue weighted by molar-refractivity contribution is -0.301. The van der Waals surface area contributed by atoms with Gasteiger partial charge in [-0.2, -0.15) is 0 Å². The first kappa shape index (κ1) is 80.4. The summed E-state index contributed by atoms with van der Waals surface area (Å²) < 4.78 is 28.5. The van der Waals surface area contributed by atoms with Crippen molar-refractivity contribution in [3.05, 3.63) is 109 Å². The number of esters is 3. The second-order valence-electron chi connectivity index (χ2n) is 23.4. The van der Waals surface area contributed by atoms with E-state index in [-0.39, 0.29) is 25.9 Å². The molecule has 496 valence electrons. The van der Waals surface area contributed by atoms with Crippen LogP contribution in [0.4, 0.5) is 0 Å². The molecule has 1 heterocycles. The topological polar surface area (TPSA) is 175 Å². The van der Waals surface area contributed by atoms with Gasteiger partial charge in [0.2, 0.25) is 0 Å². The average Bonchev–Trinajstić information content (AvgIpc) is 2.56. The van der Waals surface area contributed by atoms with Gasteiger partial charge in [0.05, 0.1) is 6.61 Å². The zero-order chi connectivity index (χ0) is 63.1. The van der Waals surface area contributed by atoms with E-state index in [0.717, 1.165) is 116 Å². The molecular formula is C75H124O12. The molecule has 12 nitrogen and oxygen atoms in total. The van der Waals surface area contributed by atoms with Crippen molar-refractivity contribution in [2.45, 2.75) is 327 Å². The summed E-state index contributed by atoms with van der Waals surface area (Å²) in [5.74, 6) is -3.24. The molecule has 0 amide bonds. The second-order valence-corrected chi connectivity index (χ2v) is 23.4. The van der Waals surface area contributed by atoms with Crippen LogP contribution in [0.25, 0.3) is 0 Å². The molecule has 6 atom stereocenters. The summed E-state index contributed by atoms with van der Waals surface area (Å²) in [7, 11) is 0. The van der Waals surface area contributed by atoms with E-state index in [4.69, 9.17) is 23.7 Å². The van der Waals surface area contributed by atoms with Gasteiger partial charge in [0.1, 0.15) is 18.8 Å². The van der Waals surface area contributed by atoms with Crippen molar-refractivity contribution >= 4 is 23.9 Å². The Morgan fingerprint density at radius 3 is 1.17 bits per heavy atom. The highest BCUT2D eigenvalue weighted by Crippen LogP contribution is 2.27. The number of aliphatic carboxylic acids is 1. The second kappa shape index (κ2) is 61.6. The fraction of sp³-hybridized carbons (Fsp3) is 0.707. The SMILES string of the molecule is CC/C=C\C/C=C\C/C=C\C/C=C\C/C=C\C/C=C\CCC(=O)OCC(COC1OC(C(=O)O)C(O)C(O)C1OC(=O)CCCCCCCCCCCCCCCCCCCCC)OC(=O)CCCCCCCC/C=C\C/C=C\C/C=C\CCCCC. The number of aliphatic hydroxyl groups excluding tert-OH is 2. The van der Waals surface area contributed by atoms with E-state index in [1.165, 1.54) is 116 Å². The molecule has 0 aliphatic carbocycles. The van der Waals surface area contributed by atoms with Crippen molar-refractivity contribution in [2.75, 3.05) is 13.2 Å². The highest BCUT2D eigenvalue weighted by atomic mass is 16.7. The summed E-state index contributed by atoms with van der Waals surface area (Å²) in [5, 5.41) is 31.7. The fourth-order valence-corrected chi connectivity index (χ4v) is 10.0.